The first-order valence-corrected chi connectivity index (χ1v) is 8.71. The first-order chi connectivity index (χ1) is 11.1. The van der Waals surface area contributed by atoms with Crippen molar-refractivity contribution in [3.05, 3.63) is 57.8 Å². The highest BCUT2D eigenvalue weighted by atomic mass is 32.1. The van der Waals surface area contributed by atoms with Crippen molar-refractivity contribution in [2.75, 3.05) is 13.6 Å². The Morgan fingerprint density at radius 3 is 2.61 bits per heavy atom. The van der Waals surface area contributed by atoms with Crippen molar-refractivity contribution in [2.45, 2.75) is 25.9 Å². The third-order valence-electron chi connectivity index (χ3n) is 4.09. The van der Waals surface area contributed by atoms with Gasteiger partial charge in [-0.1, -0.05) is 12.1 Å². The molecule has 0 spiro atoms. The average Bonchev–Trinajstić information content (AvgIpc) is 3.20. The molecule has 3 rings (SSSR count). The molecule has 4 nitrogen and oxygen atoms in total. The third-order valence-corrected chi connectivity index (χ3v) is 4.82. The van der Waals surface area contributed by atoms with Crippen LogP contribution >= 0.6 is 11.3 Å². The Morgan fingerprint density at radius 1 is 1.22 bits per heavy atom. The monoisotopic (exact) mass is 328 g/mol. The summed E-state index contributed by atoms with van der Waals surface area (Å²) < 4.78 is 0. The Hall–Kier alpha value is -2.14. The van der Waals surface area contributed by atoms with Gasteiger partial charge in [0.1, 0.15) is 0 Å². The lowest BCUT2D eigenvalue weighted by atomic mass is 10.1. The van der Waals surface area contributed by atoms with Gasteiger partial charge in [0, 0.05) is 38.7 Å². The molecule has 2 heterocycles. The van der Waals surface area contributed by atoms with Crippen molar-refractivity contribution in [2.24, 2.45) is 0 Å². The molecule has 2 amide bonds. The summed E-state index contributed by atoms with van der Waals surface area (Å²) in [5.74, 6) is 0.237. The minimum atomic E-state index is 0.0139. The summed E-state index contributed by atoms with van der Waals surface area (Å²) in [6, 6.07) is 9.61. The number of nitrogens with zero attached hydrogens (tertiary/aromatic N) is 2. The van der Waals surface area contributed by atoms with E-state index >= 15 is 0 Å². The minimum Gasteiger partial charge on any atom is -0.338 e. The maximum absolute atomic E-state index is 12.4. The SMILES string of the molecule is CN(Cc1ccsc1)C(=O)c1ccc(CN2CCCC2=O)cc1. The normalized spacial score (nSPS) is 14.3. The van der Waals surface area contributed by atoms with E-state index in [1.165, 1.54) is 0 Å². The van der Waals surface area contributed by atoms with E-state index in [2.05, 4.69) is 5.38 Å². The van der Waals surface area contributed by atoms with E-state index in [1.807, 2.05) is 47.7 Å². The molecule has 1 aromatic carbocycles. The molecule has 1 fully saturated rings. The third kappa shape index (κ3) is 3.79. The van der Waals surface area contributed by atoms with Gasteiger partial charge in [-0.2, -0.15) is 11.3 Å². The van der Waals surface area contributed by atoms with E-state index in [-0.39, 0.29) is 11.8 Å². The van der Waals surface area contributed by atoms with Gasteiger partial charge in [0.15, 0.2) is 0 Å². The molecule has 0 atom stereocenters. The number of likely N-dealkylation sites (tertiary alicyclic amines) is 1. The van der Waals surface area contributed by atoms with E-state index < -0.39 is 0 Å². The fourth-order valence-corrected chi connectivity index (χ4v) is 3.45. The molecule has 0 aliphatic carbocycles. The number of hydrogen-bond donors (Lipinski definition) is 0. The van der Waals surface area contributed by atoms with Crippen LogP contribution < -0.4 is 0 Å². The minimum absolute atomic E-state index is 0.0139. The zero-order valence-electron chi connectivity index (χ0n) is 13.2. The van der Waals surface area contributed by atoms with Crippen molar-refractivity contribution in [1.29, 1.82) is 0 Å². The van der Waals surface area contributed by atoms with E-state index in [1.54, 1.807) is 16.2 Å². The molecular formula is C18H20N2O2S. The maximum atomic E-state index is 12.4. The Labute approximate surface area is 140 Å². The van der Waals surface area contributed by atoms with Gasteiger partial charge in [0.05, 0.1) is 0 Å². The Bertz CT molecular complexity index is 680. The Kier molecular flexibility index (Phi) is 4.76. The number of carbonyl (C=O) groups is 2. The van der Waals surface area contributed by atoms with Crippen LogP contribution in [0.3, 0.4) is 0 Å². The van der Waals surface area contributed by atoms with E-state index in [4.69, 9.17) is 0 Å². The standard InChI is InChI=1S/C18H20N2O2S/c1-19(11-15-8-10-23-13-15)18(22)16-6-4-14(5-7-16)12-20-9-2-3-17(20)21/h4-8,10,13H,2-3,9,11-12H2,1H3. The van der Waals surface area contributed by atoms with Crippen LogP contribution in [-0.2, 0) is 17.9 Å². The quantitative estimate of drug-likeness (QED) is 0.846. The zero-order chi connectivity index (χ0) is 16.2. The number of amides is 2. The zero-order valence-corrected chi connectivity index (χ0v) is 14.0. The van der Waals surface area contributed by atoms with Crippen molar-refractivity contribution in [3.8, 4) is 0 Å². The lowest BCUT2D eigenvalue weighted by molar-refractivity contribution is -0.128. The summed E-state index contributed by atoms with van der Waals surface area (Å²) in [6.07, 6.45) is 1.60. The Morgan fingerprint density at radius 2 is 2.00 bits per heavy atom. The second-order valence-electron chi connectivity index (χ2n) is 5.91. The summed E-state index contributed by atoms with van der Waals surface area (Å²) in [4.78, 5) is 27.7. The molecule has 1 aromatic heterocycles. The maximum Gasteiger partial charge on any atom is 0.253 e. The fourth-order valence-electron chi connectivity index (χ4n) is 2.79. The second kappa shape index (κ2) is 6.96. The molecule has 5 heteroatoms. The van der Waals surface area contributed by atoms with Crippen molar-refractivity contribution >= 4 is 23.2 Å². The number of thiophene rings is 1. The summed E-state index contributed by atoms with van der Waals surface area (Å²) in [5, 5.41) is 4.07. The molecule has 0 radical (unpaired) electrons. The van der Waals surface area contributed by atoms with Crippen molar-refractivity contribution < 1.29 is 9.59 Å². The van der Waals surface area contributed by atoms with Crippen LogP contribution in [0.15, 0.2) is 41.1 Å². The Balaban J connectivity index is 1.61. The smallest absolute Gasteiger partial charge is 0.253 e. The second-order valence-corrected chi connectivity index (χ2v) is 6.69. The van der Waals surface area contributed by atoms with Crippen molar-refractivity contribution in [1.82, 2.24) is 9.80 Å². The molecule has 1 aliphatic heterocycles. The fraction of sp³-hybridized carbons (Fsp3) is 0.333. The molecule has 1 saturated heterocycles. The lowest BCUT2D eigenvalue weighted by Gasteiger charge is -2.18. The van der Waals surface area contributed by atoms with Gasteiger partial charge in [0.2, 0.25) is 5.91 Å². The first kappa shape index (κ1) is 15.7. The highest BCUT2D eigenvalue weighted by Gasteiger charge is 2.20. The van der Waals surface area contributed by atoms with Crippen LogP contribution in [0.4, 0.5) is 0 Å². The summed E-state index contributed by atoms with van der Waals surface area (Å²) >= 11 is 1.64. The molecule has 120 valence electrons. The van der Waals surface area contributed by atoms with Crippen LogP contribution in [0.2, 0.25) is 0 Å². The number of benzene rings is 1. The summed E-state index contributed by atoms with van der Waals surface area (Å²) in [5.41, 5.74) is 2.89. The number of carbonyl (C=O) groups excluding carboxylic acids is 2. The number of rotatable bonds is 5. The van der Waals surface area contributed by atoms with Crippen LogP contribution in [0.25, 0.3) is 0 Å². The molecule has 0 N–H and O–H groups in total. The topological polar surface area (TPSA) is 40.6 Å². The average molecular weight is 328 g/mol. The summed E-state index contributed by atoms with van der Waals surface area (Å²) in [6.45, 7) is 2.09. The summed E-state index contributed by atoms with van der Waals surface area (Å²) in [7, 11) is 1.82. The largest absolute Gasteiger partial charge is 0.338 e. The van der Waals surface area contributed by atoms with Crippen LogP contribution in [-0.4, -0.2) is 35.2 Å². The van der Waals surface area contributed by atoms with E-state index in [9.17, 15) is 9.59 Å². The molecule has 2 aromatic rings. The van der Waals surface area contributed by atoms with E-state index in [0.29, 0.717) is 25.1 Å². The van der Waals surface area contributed by atoms with Gasteiger partial charge in [-0.15, -0.1) is 0 Å². The first-order valence-electron chi connectivity index (χ1n) is 7.77. The molecule has 0 unspecified atom stereocenters. The predicted molar refractivity (Wildman–Crippen MR) is 91.2 cm³/mol. The molecule has 0 bridgehead atoms. The molecule has 1 aliphatic rings. The molecular weight excluding hydrogens is 308 g/mol. The lowest BCUT2D eigenvalue weighted by Crippen LogP contribution is -2.26. The molecule has 0 saturated carbocycles. The predicted octanol–water partition coefficient (Wildman–Crippen LogP) is 3.14. The van der Waals surface area contributed by atoms with Gasteiger partial charge in [-0.25, -0.2) is 0 Å². The van der Waals surface area contributed by atoms with Gasteiger partial charge in [-0.3, -0.25) is 9.59 Å². The number of hydrogen-bond acceptors (Lipinski definition) is 3. The van der Waals surface area contributed by atoms with Crippen LogP contribution in [0, 0.1) is 0 Å². The van der Waals surface area contributed by atoms with Crippen LogP contribution in [0.5, 0.6) is 0 Å². The van der Waals surface area contributed by atoms with Crippen LogP contribution in [0.1, 0.15) is 34.3 Å². The van der Waals surface area contributed by atoms with Gasteiger partial charge < -0.3 is 9.80 Å². The van der Waals surface area contributed by atoms with Crippen molar-refractivity contribution in [3.63, 3.8) is 0 Å². The highest BCUT2D eigenvalue weighted by Crippen LogP contribution is 2.16. The highest BCUT2D eigenvalue weighted by molar-refractivity contribution is 7.07. The van der Waals surface area contributed by atoms with E-state index in [0.717, 1.165) is 24.1 Å². The van der Waals surface area contributed by atoms with Gasteiger partial charge in [-0.05, 0) is 46.5 Å². The molecule has 23 heavy (non-hydrogen) atoms. The van der Waals surface area contributed by atoms with Gasteiger partial charge in [0.25, 0.3) is 5.91 Å². The van der Waals surface area contributed by atoms with Gasteiger partial charge >= 0.3 is 0 Å².